The summed E-state index contributed by atoms with van der Waals surface area (Å²) in [4.78, 5) is 37.3. The Morgan fingerprint density at radius 1 is 1.36 bits per heavy atom. The molecule has 1 aromatic carbocycles. The second kappa shape index (κ2) is 5.64. The molecular weight excluding hydrogens is 304 g/mol. The van der Waals surface area contributed by atoms with Gasteiger partial charge in [-0.1, -0.05) is 6.07 Å². The number of hydrogen-bond donors (Lipinski definition) is 2. The molecule has 0 aromatic heterocycles. The first-order valence-electron chi connectivity index (χ1n) is 7.08. The number of thiol groups is 1. The highest BCUT2D eigenvalue weighted by Gasteiger charge is 2.40. The molecule has 22 heavy (non-hydrogen) atoms. The molecule has 2 aliphatic rings. The minimum atomic E-state index is -0.612. The van der Waals surface area contributed by atoms with Crippen LogP contribution in [-0.2, 0) is 16.1 Å². The molecule has 0 spiro atoms. The summed E-state index contributed by atoms with van der Waals surface area (Å²) >= 11 is 4.20. The average Bonchev–Trinajstić information content (AvgIpc) is 2.77. The first-order chi connectivity index (χ1) is 10.5. The third-order valence-corrected chi connectivity index (χ3v) is 3.94. The van der Waals surface area contributed by atoms with Crippen LogP contribution in [0.4, 0.5) is 0 Å². The van der Waals surface area contributed by atoms with Gasteiger partial charge in [0, 0.05) is 17.5 Å². The van der Waals surface area contributed by atoms with Crippen LogP contribution in [0.2, 0.25) is 0 Å². The Labute approximate surface area is 133 Å². The molecule has 1 saturated heterocycles. The molecule has 0 saturated carbocycles. The van der Waals surface area contributed by atoms with Gasteiger partial charge < -0.3 is 9.64 Å². The van der Waals surface area contributed by atoms with E-state index in [1.54, 1.807) is 25.1 Å². The van der Waals surface area contributed by atoms with Crippen LogP contribution in [0.25, 0.3) is 0 Å². The van der Waals surface area contributed by atoms with E-state index in [-0.39, 0.29) is 23.7 Å². The topological polar surface area (TPSA) is 75.7 Å². The molecule has 0 bridgehead atoms. The van der Waals surface area contributed by atoms with E-state index in [1.165, 1.54) is 4.90 Å². The highest BCUT2D eigenvalue weighted by molar-refractivity contribution is 7.80. The van der Waals surface area contributed by atoms with Crippen molar-refractivity contribution < 1.29 is 19.1 Å². The van der Waals surface area contributed by atoms with Crippen LogP contribution in [0, 0.1) is 0 Å². The van der Waals surface area contributed by atoms with E-state index in [1.807, 2.05) is 0 Å². The maximum Gasteiger partial charge on any atom is 0.255 e. The quantitative estimate of drug-likeness (QED) is 0.497. The molecule has 116 valence electrons. The molecule has 3 rings (SSSR count). The van der Waals surface area contributed by atoms with E-state index in [0.29, 0.717) is 24.3 Å². The number of benzene rings is 1. The molecule has 6 nitrogen and oxygen atoms in total. The van der Waals surface area contributed by atoms with E-state index < -0.39 is 11.9 Å². The fourth-order valence-electron chi connectivity index (χ4n) is 2.85. The van der Waals surface area contributed by atoms with Gasteiger partial charge in [0.1, 0.15) is 17.2 Å². The summed E-state index contributed by atoms with van der Waals surface area (Å²) in [6.07, 6.45) is 0.594. The van der Waals surface area contributed by atoms with Crippen LogP contribution in [0.5, 0.6) is 5.75 Å². The Kier molecular flexibility index (Phi) is 3.82. The van der Waals surface area contributed by atoms with Gasteiger partial charge in [0.2, 0.25) is 11.8 Å². The van der Waals surface area contributed by atoms with E-state index in [2.05, 4.69) is 17.9 Å². The third-order valence-electron chi connectivity index (χ3n) is 3.84. The Bertz CT molecular complexity index is 659. The highest BCUT2D eigenvalue weighted by Crippen LogP contribution is 2.34. The Balaban J connectivity index is 1.88. The van der Waals surface area contributed by atoms with Gasteiger partial charge in [-0.25, -0.2) is 0 Å². The van der Waals surface area contributed by atoms with Crippen molar-refractivity contribution in [1.82, 2.24) is 10.2 Å². The lowest BCUT2D eigenvalue weighted by Gasteiger charge is -2.29. The number of carbonyl (C=O) groups is 3. The van der Waals surface area contributed by atoms with Gasteiger partial charge >= 0.3 is 0 Å². The summed E-state index contributed by atoms with van der Waals surface area (Å²) in [5, 5.41) is 2.29. The number of ether oxygens (including phenoxy) is 1. The Hall–Kier alpha value is -2.02. The van der Waals surface area contributed by atoms with Crippen molar-refractivity contribution in [3.8, 4) is 5.75 Å². The molecule has 2 heterocycles. The minimum Gasteiger partial charge on any atom is -0.480 e. The lowest BCUT2D eigenvalue weighted by Crippen LogP contribution is -2.52. The molecule has 3 amide bonds. The number of amides is 3. The van der Waals surface area contributed by atoms with Crippen LogP contribution >= 0.6 is 12.6 Å². The first kappa shape index (κ1) is 14.9. The van der Waals surface area contributed by atoms with Gasteiger partial charge in [0.15, 0.2) is 0 Å². The zero-order chi connectivity index (χ0) is 15.9. The molecule has 0 aliphatic carbocycles. The number of hydrogen-bond acceptors (Lipinski definition) is 5. The standard InChI is InChI=1S/C15H16N2O4S/c1-8(22)21-12-4-2-3-9-10(12)7-17(15(9)20)11-5-6-13(18)16-14(11)19/h2-4,8,11,22H,5-7H2,1H3,(H,16,18,19). The summed E-state index contributed by atoms with van der Waals surface area (Å²) in [5.74, 6) is -0.314. The maximum atomic E-state index is 12.5. The number of imide groups is 1. The number of nitrogens with zero attached hydrogens (tertiary/aromatic N) is 1. The van der Waals surface area contributed by atoms with Crippen molar-refractivity contribution in [1.29, 1.82) is 0 Å². The second-order valence-electron chi connectivity index (χ2n) is 5.40. The third kappa shape index (κ3) is 2.56. The molecule has 0 radical (unpaired) electrons. The van der Waals surface area contributed by atoms with Gasteiger partial charge in [-0.2, -0.15) is 0 Å². The predicted octanol–water partition coefficient (Wildman–Crippen LogP) is 1.10. The van der Waals surface area contributed by atoms with Gasteiger partial charge in [-0.15, -0.1) is 12.6 Å². The fraction of sp³-hybridized carbons (Fsp3) is 0.400. The fourth-order valence-corrected chi connectivity index (χ4v) is 2.96. The van der Waals surface area contributed by atoms with Crippen LogP contribution in [0.15, 0.2) is 18.2 Å². The Morgan fingerprint density at radius 2 is 2.14 bits per heavy atom. The van der Waals surface area contributed by atoms with E-state index in [4.69, 9.17) is 4.74 Å². The summed E-state index contributed by atoms with van der Waals surface area (Å²) in [6, 6.07) is 4.64. The molecule has 1 N–H and O–H groups in total. The lowest BCUT2D eigenvalue weighted by molar-refractivity contribution is -0.136. The summed E-state index contributed by atoms with van der Waals surface area (Å²) in [7, 11) is 0. The zero-order valence-electron chi connectivity index (χ0n) is 12.0. The molecule has 2 unspecified atom stereocenters. The van der Waals surface area contributed by atoms with Crippen LogP contribution in [0.3, 0.4) is 0 Å². The number of piperidine rings is 1. The highest BCUT2D eigenvalue weighted by atomic mass is 32.1. The van der Waals surface area contributed by atoms with Crippen LogP contribution < -0.4 is 10.1 Å². The SMILES string of the molecule is CC(S)Oc1cccc2c1CN(C1CCC(=O)NC1=O)C2=O. The summed E-state index contributed by atoms with van der Waals surface area (Å²) < 4.78 is 5.62. The number of carbonyl (C=O) groups excluding carboxylic acids is 3. The average molecular weight is 320 g/mol. The van der Waals surface area contributed by atoms with Gasteiger partial charge in [0.25, 0.3) is 5.91 Å². The van der Waals surface area contributed by atoms with Crippen molar-refractivity contribution in [3.63, 3.8) is 0 Å². The normalized spacial score (nSPS) is 22.4. The van der Waals surface area contributed by atoms with E-state index in [9.17, 15) is 14.4 Å². The van der Waals surface area contributed by atoms with Crippen molar-refractivity contribution in [3.05, 3.63) is 29.3 Å². The number of nitrogens with one attached hydrogen (secondary N) is 1. The molecule has 2 aliphatic heterocycles. The monoisotopic (exact) mass is 320 g/mol. The van der Waals surface area contributed by atoms with Crippen molar-refractivity contribution >= 4 is 30.4 Å². The van der Waals surface area contributed by atoms with Gasteiger partial charge in [0.05, 0.1) is 6.54 Å². The summed E-state index contributed by atoms with van der Waals surface area (Å²) in [6.45, 7) is 2.09. The van der Waals surface area contributed by atoms with Crippen molar-refractivity contribution in [2.45, 2.75) is 37.8 Å². The van der Waals surface area contributed by atoms with E-state index >= 15 is 0 Å². The second-order valence-corrected chi connectivity index (χ2v) is 6.13. The van der Waals surface area contributed by atoms with Crippen LogP contribution in [0.1, 0.15) is 35.7 Å². The predicted molar refractivity (Wildman–Crippen MR) is 81.6 cm³/mol. The number of fused-ring (bicyclic) bond motifs is 1. The first-order valence-corrected chi connectivity index (χ1v) is 7.60. The smallest absolute Gasteiger partial charge is 0.255 e. The van der Waals surface area contributed by atoms with Crippen molar-refractivity contribution in [2.75, 3.05) is 0 Å². The van der Waals surface area contributed by atoms with Crippen LogP contribution in [-0.4, -0.2) is 34.1 Å². The zero-order valence-corrected chi connectivity index (χ0v) is 12.9. The molecule has 2 atom stereocenters. The minimum absolute atomic E-state index is 0.207. The number of rotatable bonds is 3. The molecular formula is C15H16N2O4S. The maximum absolute atomic E-state index is 12.5. The molecule has 7 heteroatoms. The largest absolute Gasteiger partial charge is 0.480 e. The summed E-state index contributed by atoms with van der Waals surface area (Å²) in [5.41, 5.74) is 1.00. The van der Waals surface area contributed by atoms with Gasteiger partial charge in [-0.05, 0) is 25.5 Å². The molecule has 1 fully saturated rings. The lowest BCUT2D eigenvalue weighted by atomic mass is 10.0. The Morgan fingerprint density at radius 3 is 2.82 bits per heavy atom. The van der Waals surface area contributed by atoms with Gasteiger partial charge in [-0.3, -0.25) is 19.7 Å². The van der Waals surface area contributed by atoms with Crippen molar-refractivity contribution in [2.24, 2.45) is 0 Å². The van der Waals surface area contributed by atoms with E-state index in [0.717, 1.165) is 5.56 Å². The molecule has 1 aromatic rings.